The van der Waals surface area contributed by atoms with Crippen molar-refractivity contribution in [3.05, 3.63) is 65.7 Å². The smallest absolute Gasteiger partial charge is 0.258 e. The van der Waals surface area contributed by atoms with Gasteiger partial charge in [0.15, 0.2) is 6.61 Å². The Balaban J connectivity index is 1.89. The molecule has 0 heterocycles. The number of benzene rings is 2. The van der Waals surface area contributed by atoms with E-state index in [1.54, 1.807) is 0 Å². The first kappa shape index (κ1) is 16.1. The summed E-state index contributed by atoms with van der Waals surface area (Å²) in [5, 5.41) is 3.02. The Kier molecular flexibility index (Phi) is 6.01. The van der Waals surface area contributed by atoms with Crippen LogP contribution >= 0.6 is 0 Å². The van der Waals surface area contributed by atoms with Crippen LogP contribution in [0.1, 0.15) is 37.4 Å². The van der Waals surface area contributed by atoms with Gasteiger partial charge in [-0.2, -0.15) is 0 Å². The quantitative estimate of drug-likeness (QED) is 0.842. The lowest BCUT2D eigenvalue weighted by atomic mass is 10.0. The molecule has 2 rings (SSSR count). The minimum Gasteiger partial charge on any atom is -0.484 e. The van der Waals surface area contributed by atoms with Crippen LogP contribution in [0.2, 0.25) is 0 Å². The van der Waals surface area contributed by atoms with E-state index in [1.165, 1.54) is 5.56 Å². The topological polar surface area (TPSA) is 38.3 Å². The number of hydrogen-bond donors (Lipinski definition) is 1. The normalized spacial score (nSPS) is 11.7. The Morgan fingerprint density at radius 1 is 1.09 bits per heavy atom. The van der Waals surface area contributed by atoms with Crippen molar-refractivity contribution in [2.75, 3.05) is 6.61 Å². The first-order valence-corrected chi connectivity index (χ1v) is 7.79. The Morgan fingerprint density at radius 2 is 1.86 bits per heavy atom. The zero-order chi connectivity index (χ0) is 15.8. The predicted octanol–water partition coefficient (Wildman–Crippen LogP) is 3.90. The fourth-order valence-corrected chi connectivity index (χ4v) is 2.35. The van der Waals surface area contributed by atoms with Crippen molar-refractivity contribution >= 4 is 5.91 Å². The summed E-state index contributed by atoms with van der Waals surface area (Å²) in [6, 6.07) is 17.9. The second kappa shape index (κ2) is 8.23. The Labute approximate surface area is 132 Å². The first-order valence-electron chi connectivity index (χ1n) is 7.79. The van der Waals surface area contributed by atoms with Gasteiger partial charge < -0.3 is 10.1 Å². The van der Waals surface area contributed by atoms with Crippen LogP contribution < -0.4 is 10.1 Å². The lowest BCUT2D eigenvalue weighted by Crippen LogP contribution is -2.32. The highest BCUT2D eigenvalue weighted by Gasteiger charge is 2.12. The van der Waals surface area contributed by atoms with E-state index >= 15 is 0 Å². The molecule has 0 aliphatic carbocycles. The largest absolute Gasteiger partial charge is 0.484 e. The van der Waals surface area contributed by atoms with Crippen molar-refractivity contribution in [3.8, 4) is 5.75 Å². The second-order valence-electron chi connectivity index (χ2n) is 5.23. The average molecular weight is 297 g/mol. The van der Waals surface area contributed by atoms with Crippen molar-refractivity contribution < 1.29 is 9.53 Å². The zero-order valence-electron chi connectivity index (χ0n) is 13.2. The Hall–Kier alpha value is -2.29. The minimum atomic E-state index is -0.0994. The van der Waals surface area contributed by atoms with Crippen LogP contribution in [0.15, 0.2) is 54.6 Å². The molecule has 3 nitrogen and oxygen atoms in total. The molecular weight excluding hydrogens is 274 g/mol. The third kappa shape index (κ3) is 4.62. The summed E-state index contributed by atoms with van der Waals surface area (Å²) in [5.74, 6) is 0.639. The van der Waals surface area contributed by atoms with Gasteiger partial charge in [-0.05, 0) is 36.1 Å². The molecule has 0 aliphatic heterocycles. The van der Waals surface area contributed by atoms with E-state index < -0.39 is 0 Å². The molecule has 1 N–H and O–H groups in total. The molecule has 0 spiro atoms. The summed E-state index contributed by atoms with van der Waals surface area (Å²) in [6.07, 6.45) is 1.80. The highest BCUT2D eigenvalue weighted by Crippen LogP contribution is 2.16. The van der Waals surface area contributed by atoms with E-state index in [0.29, 0.717) is 0 Å². The average Bonchev–Trinajstić information content (AvgIpc) is 2.58. The number of rotatable bonds is 7. The summed E-state index contributed by atoms with van der Waals surface area (Å²) in [7, 11) is 0. The molecule has 0 aliphatic rings. The molecule has 0 bridgehead atoms. The minimum absolute atomic E-state index is 0.0271. The number of carbonyl (C=O) groups excluding carboxylic acids is 1. The van der Waals surface area contributed by atoms with Crippen LogP contribution in [0.3, 0.4) is 0 Å². The van der Waals surface area contributed by atoms with Crippen LogP contribution in [0.4, 0.5) is 0 Å². The molecule has 0 saturated carbocycles. The van der Waals surface area contributed by atoms with Gasteiger partial charge in [0, 0.05) is 0 Å². The maximum Gasteiger partial charge on any atom is 0.258 e. The maximum absolute atomic E-state index is 12.1. The van der Waals surface area contributed by atoms with Gasteiger partial charge in [0.1, 0.15) is 5.75 Å². The summed E-state index contributed by atoms with van der Waals surface area (Å²) in [5.41, 5.74) is 2.32. The molecule has 2 aromatic rings. The van der Waals surface area contributed by atoms with Crippen molar-refractivity contribution in [1.29, 1.82) is 0 Å². The van der Waals surface area contributed by atoms with Crippen molar-refractivity contribution in [3.63, 3.8) is 0 Å². The van der Waals surface area contributed by atoms with Gasteiger partial charge in [-0.15, -0.1) is 0 Å². The lowest BCUT2D eigenvalue weighted by molar-refractivity contribution is -0.123. The monoisotopic (exact) mass is 297 g/mol. The molecule has 0 aromatic heterocycles. The van der Waals surface area contributed by atoms with Gasteiger partial charge in [0.2, 0.25) is 0 Å². The van der Waals surface area contributed by atoms with Crippen LogP contribution in [0.5, 0.6) is 5.75 Å². The van der Waals surface area contributed by atoms with Gasteiger partial charge >= 0.3 is 0 Å². The molecule has 1 atom stereocenters. The van der Waals surface area contributed by atoms with Crippen LogP contribution in [0.25, 0.3) is 0 Å². The molecule has 0 saturated heterocycles. The van der Waals surface area contributed by atoms with E-state index in [-0.39, 0.29) is 18.6 Å². The summed E-state index contributed by atoms with van der Waals surface area (Å²) in [6.45, 7) is 4.19. The molecule has 0 fully saturated rings. The van der Waals surface area contributed by atoms with E-state index in [1.807, 2.05) is 48.5 Å². The molecule has 116 valence electrons. The molecular formula is C19H23NO2. The van der Waals surface area contributed by atoms with Crippen molar-refractivity contribution in [2.24, 2.45) is 0 Å². The zero-order valence-corrected chi connectivity index (χ0v) is 13.2. The molecule has 3 heteroatoms. The molecule has 1 amide bonds. The molecule has 1 unspecified atom stereocenters. The Bertz CT molecular complexity index is 595. The highest BCUT2D eigenvalue weighted by atomic mass is 16.5. The van der Waals surface area contributed by atoms with Crippen LogP contribution in [-0.2, 0) is 11.2 Å². The van der Waals surface area contributed by atoms with E-state index in [0.717, 1.165) is 24.2 Å². The molecule has 0 radical (unpaired) electrons. The number of amides is 1. The molecule has 22 heavy (non-hydrogen) atoms. The van der Waals surface area contributed by atoms with Gasteiger partial charge in [0.25, 0.3) is 5.91 Å². The number of aryl methyl sites for hydroxylation is 1. The van der Waals surface area contributed by atoms with Crippen molar-refractivity contribution in [2.45, 2.75) is 32.7 Å². The molecule has 2 aromatic carbocycles. The van der Waals surface area contributed by atoms with E-state index in [2.05, 4.69) is 25.2 Å². The maximum atomic E-state index is 12.1. The SMILES string of the molecule is CCc1cccc(OCC(=O)NC(CC)c2ccccc2)c1. The number of ether oxygens (including phenoxy) is 1. The van der Waals surface area contributed by atoms with Crippen LogP contribution in [-0.4, -0.2) is 12.5 Å². The van der Waals surface area contributed by atoms with Gasteiger partial charge in [0.05, 0.1) is 6.04 Å². The lowest BCUT2D eigenvalue weighted by Gasteiger charge is -2.17. The standard InChI is InChI=1S/C19H23NO2/c1-3-15-9-8-12-17(13-15)22-14-19(21)20-18(4-2)16-10-6-5-7-11-16/h5-13,18H,3-4,14H2,1-2H3,(H,20,21). The van der Waals surface area contributed by atoms with Gasteiger partial charge in [-0.3, -0.25) is 4.79 Å². The van der Waals surface area contributed by atoms with Gasteiger partial charge in [-0.1, -0.05) is 56.3 Å². The summed E-state index contributed by atoms with van der Waals surface area (Å²) in [4.78, 5) is 12.1. The highest BCUT2D eigenvalue weighted by molar-refractivity contribution is 5.78. The number of hydrogen-bond acceptors (Lipinski definition) is 2. The van der Waals surface area contributed by atoms with E-state index in [4.69, 9.17) is 4.74 Å². The van der Waals surface area contributed by atoms with E-state index in [9.17, 15) is 4.79 Å². The number of carbonyl (C=O) groups is 1. The summed E-state index contributed by atoms with van der Waals surface area (Å²) >= 11 is 0. The predicted molar refractivity (Wildman–Crippen MR) is 88.9 cm³/mol. The summed E-state index contributed by atoms with van der Waals surface area (Å²) < 4.78 is 5.58. The third-order valence-corrected chi connectivity index (χ3v) is 3.62. The van der Waals surface area contributed by atoms with Crippen molar-refractivity contribution in [1.82, 2.24) is 5.32 Å². The third-order valence-electron chi connectivity index (χ3n) is 3.62. The fraction of sp³-hybridized carbons (Fsp3) is 0.316. The second-order valence-corrected chi connectivity index (χ2v) is 5.23. The van der Waals surface area contributed by atoms with Crippen LogP contribution in [0, 0.1) is 0 Å². The Morgan fingerprint density at radius 3 is 2.55 bits per heavy atom. The van der Waals surface area contributed by atoms with Gasteiger partial charge in [-0.25, -0.2) is 0 Å². The number of nitrogens with one attached hydrogen (secondary N) is 1. The first-order chi connectivity index (χ1) is 10.7. The fourth-order valence-electron chi connectivity index (χ4n) is 2.35.